The van der Waals surface area contributed by atoms with E-state index in [4.69, 9.17) is 25.8 Å². The molecule has 1 amide bonds. The van der Waals surface area contributed by atoms with Gasteiger partial charge in [-0.15, -0.1) is 0 Å². The van der Waals surface area contributed by atoms with E-state index in [0.29, 0.717) is 22.7 Å². The molecule has 7 nitrogen and oxygen atoms in total. The number of pyridine rings is 1. The number of carbonyl (C=O) groups is 2. The van der Waals surface area contributed by atoms with Crippen molar-refractivity contribution in [1.29, 1.82) is 0 Å². The lowest BCUT2D eigenvalue weighted by molar-refractivity contribution is -0.142. The van der Waals surface area contributed by atoms with Crippen LogP contribution in [0.1, 0.15) is 5.56 Å². The number of hydrogen-bond acceptors (Lipinski definition) is 6. The predicted octanol–water partition coefficient (Wildman–Crippen LogP) is 2.95. The number of halogens is 1. The van der Waals surface area contributed by atoms with E-state index in [1.165, 1.54) is 25.5 Å². The Morgan fingerprint density at radius 2 is 2.04 bits per heavy atom. The van der Waals surface area contributed by atoms with Crippen LogP contribution in [0.15, 0.2) is 42.6 Å². The normalized spacial score (nSPS) is 10.4. The Labute approximate surface area is 155 Å². The number of carbonyl (C=O) groups excluding carboxylic acids is 2. The molecule has 1 N–H and O–H groups in total. The van der Waals surface area contributed by atoms with Gasteiger partial charge in [-0.3, -0.25) is 4.79 Å². The van der Waals surface area contributed by atoms with Crippen LogP contribution >= 0.6 is 11.6 Å². The van der Waals surface area contributed by atoms with Crippen molar-refractivity contribution >= 4 is 35.2 Å². The highest BCUT2D eigenvalue weighted by Crippen LogP contribution is 2.25. The molecule has 2 rings (SSSR count). The van der Waals surface area contributed by atoms with Gasteiger partial charge < -0.3 is 19.5 Å². The molecule has 136 valence electrons. The first-order valence-corrected chi connectivity index (χ1v) is 7.88. The first kappa shape index (κ1) is 19.3. The number of methoxy groups -OCH3 is 2. The van der Waals surface area contributed by atoms with Crippen LogP contribution in [-0.2, 0) is 14.3 Å². The van der Waals surface area contributed by atoms with Gasteiger partial charge in [0.1, 0.15) is 11.5 Å². The lowest BCUT2D eigenvalue weighted by Crippen LogP contribution is -2.20. The van der Waals surface area contributed by atoms with Crippen molar-refractivity contribution in [1.82, 2.24) is 4.98 Å². The number of aromatic nitrogens is 1. The van der Waals surface area contributed by atoms with E-state index in [-0.39, 0.29) is 5.15 Å². The van der Waals surface area contributed by atoms with Crippen LogP contribution in [0.25, 0.3) is 6.08 Å². The average molecular weight is 377 g/mol. The minimum absolute atomic E-state index is 0.152. The molecule has 26 heavy (non-hydrogen) atoms. The first-order chi connectivity index (χ1) is 12.5. The van der Waals surface area contributed by atoms with Gasteiger partial charge in [0.05, 0.1) is 19.9 Å². The second-order valence-electron chi connectivity index (χ2n) is 4.94. The van der Waals surface area contributed by atoms with E-state index in [0.717, 1.165) is 0 Å². The van der Waals surface area contributed by atoms with Crippen LogP contribution in [-0.4, -0.2) is 37.7 Å². The SMILES string of the molecule is COc1ccc(/C=C/C(=O)OCC(=O)Nc2cccnc2Cl)c(OC)c1. The van der Waals surface area contributed by atoms with E-state index < -0.39 is 18.5 Å². The van der Waals surface area contributed by atoms with Gasteiger partial charge in [-0.25, -0.2) is 9.78 Å². The molecule has 0 fully saturated rings. The largest absolute Gasteiger partial charge is 0.497 e. The lowest BCUT2D eigenvalue weighted by atomic mass is 10.2. The number of hydrogen-bond donors (Lipinski definition) is 1. The number of anilines is 1. The van der Waals surface area contributed by atoms with Crippen LogP contribution in [0.4, 0.5) is 5.69 Å². The average Bonchev–Trinajstić information content (AvgIpc) is 2.66. The van der Waals surface area contributed by atoms with Crippen LogP contribution in [0.2, 0.25) is 5.15 Å². The number of rotatable bonds is 7. The highest BCUT2D eigenvalue weighted by atomic mass is 35.5. The third-order valence-electron chi connectivity index (χ3n) is 3.22. The summed E-state index contributed by atoms with van der Waals surface area (Å²) in [6.07, 6.45) is 4.22. The molecule has 0 aliphatic rings. The van der Waals surface area contributed by atoms with Gasteiger partial charge in [0.25, 0.3) is 5.91 Å². The van der Waals surface area contributed by atoms with Crippen molar-refractivity contribution in [3.8, 4) is 11.5 Å². The number of nitrogens with one attached hydrogen (secondary N) is 1. The lowest BCUT2D eigenvalue weighted by Gasteiger charge is -2.07. The number of nitrogens with zero attached hydrogens (tertiary/aromatic N) is 1. The van der Waals surface area contributed by atoms with Crippen molar-refractivity contribution in [2.45, 2.75) is 0 Å². The molecule has 0 bridgehead atoms. The van der Waals surface area contributed by atoms with Crippen LogP contribution in [0, 0.1) is 0 Å². The van der Waals surface area contributed by atoms with E-state index in [9.17, 15) is 9.59 Å². The van der Waals surface area contributed by atoms with Gasteiger partial charge in [-0.1, -0.05) is 11.6 Å². The van der Waals surface area contributed by atoms with Gasteiger partial charge in [0.15, 0.2) is 11.8 Å². The summed E-state index contributed by atoms with van der Waals surface area (Å²) >= 11 is 5.83. The Morgan fingerprint density at radius 3 is 2.73 bits per heavy atom. The fourth-order valence-electron chi connectivity index (χ4n) is 1.96. The van der Waals surface area contributed by atoms with E-state index in [2.05, 4.69) is 10.3 Å². The van der Waals surface area contributed by atoms with E-state index in [1.807, 2.05) is 0 Å². The zero-order chi connectivity index (χ0) is 18.9. The molecular formula is C18H17ClN2O5. The Kier molecular flexibility index (Phi) is 6.99. The maximum absolute atomic E-state index is 11.8. The Hall–Kier alpha value is -3.06. The molecule has 0 spiro atoms. The summed E-state index contributed by atoms with van der Waals surface area (Å²) in [6, 6.07) is 8.37. The summed E-state index contributed by atoms with van der Waals surface area (Å²) in [7, 11) is 3.06. The zero-order valence-electron chi connectivity index (χ0n) is 14.2. The summed E-state index contributed by atoms with van der Waals surface area (Å²) < 4.78 is 15.2. The summed E-state index contributed by atoms with van der Waals surface area (Å²) in [6.45, 7) is -0.450. The molecule has 0 unspecified atom stereocenters. The predicted molar refractivity (Wildman–Crippen MR) is 97.4 cm³/mol. The fourth-order valence-corrected chi connectivity index (χ4v) is 2.13. The standard InChI is InChI=1S/C18H17ClN2O5/c1-24-13-7-5-12(15(10-13)25-2)6-8-17(23)26-11-16(22)21-14-4-3-9-20-18(14)19/h3-10H,11H2,1-2H3,(H,21,22)/b8-6+. The molecule has 0 aliphatic heterocycles. The van der Waals surface area contributed by atoms with Crippen molar-refractivity contribution < 1.29 is 23.8 Å². The highest BCUT2D eigenvalue weighted by Gasteiger charge is 2.09. The molecule has 0 radical (unpaired) electrons. The molecule has 0 saturated heterocycles. The van der Waals surface area contributed by atoms with Crippen LogP contribution in [0.5, 0.6) is 11.5 Å². The minimum atomic E-state index is -0.671. The first-order valence-electron chi connectivity index (χ1n) is 7.50. The summed E-state index contributed by atoms with van der Waals surface area (Å²) in [5.74, 6) is -0.0244. The molecule has 0 saturated carbocycles. The van der Waals surface area contributed by atoms with Gasteiger partial charge in [-0.2, -0.15) is 0 Å². The van der Waals surface area contributed by atoms with E-state index in [1.54, 1.807) is 37.4 Å². The molecule has 0 atom stereocenters. The molecule has 1 aromatic heterocycles. The molecule has 0 aliphatic carbocycles. The van der Waals surface area contributed by atoms with Gasteiger partial charge in [0.2, 0.25) is 0 Å². The maximum Gasteiger partial charge on any atom is 0.331 e. The van der Waals surface area contributed by atoms with Crippen molar-refractivity contribution in [3.63, 3.8) is 0 Å². The van der Waals surface area contributed by atoms with Crippen molar-refractivity contribution in [2.24, 2.45) is 0 Å². The third-order valence-corrected chi connectivity index (χ3v) is 3.52. The van der Waals surface area contributed by atoms with Gasteiger partial charge in [-0.05, 0) is 30.3 Å². The number of ether oxygens (including phenoxy) is 3. The van der Waals surface area contributed by atoms with Crippen LogP contribution in [0.3, 0.4) is 0 Å². The fraction of sp³-hybridized carbons (Fsp3) is 0.167. The zero-order valence-corrected chi connectivity index (χ0v) is 14.9. The van der Waals surface area contributed by atoms with Crippen molar-refractivity contribution in [2.75, 3.05) is 26.1 Å². The summed E-state index contributed by atoms with van der Waals surface area (Å²) in [5.41, 5.74) is 1.01. The van der Waals surface area contributed by atoms with Crippen LogP contribution < -0.4 is 14.8 Å². The Balaban J connectivity index is 1.89. The number of benzene rings is 1. The highest BCUT2D eigenvalue weighted by molar-refractivity contribution is 6.32. The molecule has 8 heteroatoms. The monoisotopic (exact) mass is 376 g/mol. The molecule has 1 heterocycles. The second kappa shape index (κ2) is 9.43. The quantitative estimate of drug-likeness (QED) is 0.454. The number of esters is 1. The topological polar surface area (TPSA) is 86.8 Å². The Bertz CT molecular complexity index is 823. The maximum atomic E-state index is 11.8. The smallest absolute Gasteiger partial charge is 0.331 e. The number of amides is 1. The van der Waals surface area contributed by atoms with Gasteiger partial charge in [0, 0.05) is 23.9 Å². The van der Waals surface area contributed by atoms with E-state index >= 15 is 0 Å². The summed E-state index contributed by atoms with van der Waals surface area (Å²) in [4.78, 5) is 27.4. The second-order valence-corrected chi connectivity index (χ2v) is 5.30. The minimum Gasteiger partial charge on any atom is -0.497 e. The van der Waals surface area contributed by atoms with Gasteiger partial charge >= 0.3 is 5.97 Å². The van der Waals surface area contributed by atoms with Crippen molar-refractivity contribution in [3.05, 3.63) is 53.3 Å². The molecule has 1 aromatic carbocycles. The molecule has 2 aromatic rings. The molecular weight excluding hydrogens is 360 g/mol. The summed E-state index contributed by atoms with van der Waals surface area (Å²) in [5, 5.41) is 2.65. The Morgan fingerprint density at radius 1 is 1.23 bits per heavy atom. The third kappa shape index (κ3) is 5.49.